The van der Waals surface area contributed by atoms with E-state index in [1.807, 2.05) is 7.05 Å². The first-order valence-corrected chi connectivity index (χ1v) is 4.15. The van der Waals surface area contributed by atoms with Gasteiger partial charge in [0.15, 0.2) is 0 Å². The van der Waals surface area contributed by atoms with E-state index in [1.54, 1.807) is 0 Å². The summed E-state index contributed by atoms with van der Waals surface area (Å²) in [4.78, 5) is 4.16. The summed E-state index contributed by atoms with van der Waals surface area (Å²) >= 11 is 0. The van der Waals surface area contributed by atoms with Gasteiger partial charge in [0.05, 0.1) is 0 Å². The lowest BCUT2D eigenvalue weighted by atomic mass is 10.0. The SMILES string of the molecule is CCCCC(C)C(C)=NC. The highest BCUT2D eigenvalue weighted by Crippen LogP contribution is 2.08. The second kappa shape index (κ2) is 5.45. The molecule has 1 unspecified atom stereocenters. The van der Waals surface area contributed by atoms with Crippen LogP contribution in [0.5, 0.6) is 0 Å². The zero-order valence-corrected chi connectivity index (χ0v) is 7.65. The molecule has 0 aromatic rings. The van der Waals surface area contributed by atoms with Crippen LogP contribution in [0.25, 0.3) is 0 Å². The van der Waals surface area contributed by atoms with Crippen molar-refractivity contribution in [3.63, 3.8) is 0 Å². The molecule has 0 aliphatic heterocycles. The molecule has 0 saturated carbocycles. The Labute approximate surface area is 64.6 Å². The number of aliphatic imine (C=N–C) groups is 1. The number of rotatable bonds is 4. The molecule has 0 heterocycles. The Bertz CT molecular complexity index is 105. The van der Waals surface area contributed by atoms with Gasteiger partial charge in [-0.1, -0.05) is 26.7 Å². The Morgan fingerprint density at radius 1 is 1.50 bits per heavy atom. The molecule has 1 atom stereocenters. The Kier molecular flexibility index (Phi) is 5.27. The van der Waals surface area contributed by atoms with Crippen LogP contribution < -0.4 is 0 Å². The summed E-state index contributed by atoms with van der Waals surface area (Å²) in [6.45, 7) is 6.59. The third-order valence-electron chi connectivity index (χ3n) is 2.06. The van der Waals surface area contributed by atoms with Gasteiger partial charge in [0.1, 0.15) is 0 Å². The third-order valence-corrected chi connectivity index (χ3v) is 2.06. The maximum absolute atomic E-state index is 4.16. The summed E-state index contributed by atoms with van der Waals surface area (Å²) in [5.41, 5.74) is 1.29. The van der Waals surface area contributed by atoms with E-state index < -0.39 is 0 Å². The van der Waals surface area contributed by atoms with Crippen molar-refractivity contribution in [1.29, 1.82) is 0 Å². The van der Waals surface area contributed by atoms with Crippen molar-refractivity contribution in [3.05, 3.63) is 0 Å². The fourth-order valence-electron chi connectivity index (χ4n) is 0.940. The number of hydrogen-bond donors (Lipinski definition) is 0. The lowest BCUT2D eigenvalue weighted by Crippen LogP contribution is -2.06. The number of nitrogens with zero attached hydrogens (tertiary/aromatic N) is 1. The van der Waals surface area contributed by atoms with Gasteiger partial charge in [-0.05, 0) is 19.3 Å². The molecule has 1 heteroatoms. The summed E-state index contributed by atoms with van der Waals surface area (Å²) in [6, 6.07) is 0. The smallest absolute Gasteiger partial charge is 0.0276 e. The van der Waals surface area contributed by atoms with Crippen LogP contribution in [0, 0.1) is 5.92 Å². The van der Waals surface area contributed by atoms with E-state index in [4.69, 9.17) is 0 Å². The maximum Gasteiger partial charge on any atom is 0.0276 e. The molecule has 10 heavy (non-hydrogen) atoms. The van der Waals surface area contributed by atoms with Crippen LogP contribution >= 0.6 is 0 Å². The summed E-state index contributed by atoms with van der Waals surface area (Å²) in [5.74, 6) is 0.685. The van der Waals surface area contributed by atoms with Crippen LogP contribution in [0.15, 0.2) is 4.99 Å². The average molecular weight is 141 g/mol. The summed E-state index contributed by atoms with van der Waals surface area (Å²) < 4.78 is 0. The summed E-state index contributed by atoms with van der Waals surface area (Å²) in [5, 5.41) is 0. The van der Waals surface area contributed by atoms with Crippen molar-refractivity contribution < 1.29 is 0 Å². The molecule has 0 bridgehead atoms. The van der Waals surface area contributed by atoms with Crippen LogP contribution in [0.3, 0.4) is 0 Å². The van der Waals surface area contributed by atoms with E-state index in [9.17, 15) is 0 Å². The predicted octanol–water partition coefficient (Wildman–Crippen LogP) is 2.90. The fraction of sp³-hybridized carbons (Fsp3) is 0.889. The highest BCUT2D eigenvalue weighted by molar-refractivity contribution is 5.83. The molecule has 0 aromatic heterocycles. The predicted molar refractivity (Wildman–Crippen MR) is 47.7 cm³/mol. The zero-order chi connectivity index (χ0) is 7.98. The second-order valence-corrected chi connectivity index (χ2v) is 2.91. The van der Waals surface area contributed by atoms with Gasteiger partial charge in [0, 0.05) is 12.8 Å². The Hall–Kier alpha value is -0.330. The normalized spacial score (nSPS) is 15.4. The lowest BCUT2D eigenvalue weighted by molar-refractivity contribution is 0.622. The molecule has 0 aliphatic carbocycles. The van der Waals surface area contributed by atoms with Crippen LogP contribution in [0.4, 0.5) is 0 Å². The van der Waals surface area contributed by atoms with Crippen LogP contribution in [0.1, 0.15) is 40.0 Å². The third kappa shape index (κ3) is 3.65. The van der Waals surface area contributed by atoms with E-state index in [1.165, 1.54) is 25.0 Å². The van der Waals surface area contributed by atoms with Gasteiger partial charge in [-0.25, -0.2) is 0 Å². The van der Waals surface area contributed by atoms with Crippen LogP contribution in [-0.4, -0.2) is 12.8 Å². The van der Waals surface area contributed by atoms with Crippen molar-refractivity contribution >= 4 is 5.71 Å². The summed E-state index contributed by atoms with van der Waals surface area (Å²) in [7, 11) is 1.87. The Morgan fingerprint density at radius 3 is 2.50 bits per heavy atom. The number of hydrogen-bond acceptors (Lipinski definition) is 1. The van der Waals surface area contributed by atoms with Gasteiger partial charge < -0.3 is 0 Å². The van der Waals surface area contributed by atoms with Gasteiger partial charge in [0.2, 0.25) is 0 Å². The van der Waals surface area contributed by atoms with Crippen LogP contribution in [0.2, 0.25) is 0 Å². The van der Waals surface area contributed by atoms with E-state index >= 15 is 0 Å². The van der Waals surface area contributed by atoms with E-state index in [-0.39, 0.29) is 0 Å². The highest BCUT2D eigenvalue weighted by Gasteiger charge is 2.02. The minimum absolute atomic E-state index is 0.685. The first-order chi connectivity index (χ1) is 4.72. The van der Waals surface area contributed by atoms with Crippen LogP contribution in [-0.2, 0) is 0 Å². The van der Waals surface area contributed by atoms with Crippen molar-refractivity contribution in [2.75, 3.05) is 7.05 Å². The molecular formula is C9H19N. The molecule has 0 fully saturated rings. The molecule has 0 aromatic carbocycles. The monoisotopic (exact) mass is 141 g/mol. The largest absolute Gasteiger partial charge is 0.297 e. The van der Waals surface area contributed by atoms with Gasteiger partial charge >= 0.3 is 0 Å². The number of unbranched alkanes of at least 4 members (excludes halogenated alkanes) is 1. The molecule has 1 nitrogen and oxygen atoms in total. The van der Waals surface area contributed by atoms with Crippen molar-refractivity contribution in [2.45, 2.75) is 40.0 Å². The van der Waals surface area contributed by atoms with E-state index in [0.29, 0.717) is 5.92 Å². The molecule has 0 radical (unpaired) electrons. The minimum Gasteiger partial charge on any atom is -0.297 e. The Morgan fingerprint density at radius 2 is 2.10 bits per heavy atom. The lowest BCUT2D eigenvalue weighted by Gasteiger charge is -2.08. The van der Waals surface area contributed by atoms with E-state index in [0.717, 1.165) is 0 Å². The standard InChI is InChI=1S/C9H19N/c1-5-6-7-8(2)9(3)10-4/h8H,5-7H2,1-4H3. The van der Waals surface area contributed by atoms with E-state index in [2.05, 4.69) is 25.8 Å². The molecule has 0 spiro atoms. The Balaban J connectivity index is 3.51. The molecule has 0 saturated heterocycles. The molecule has 0 amide bonds. The quantitative estimate of drug-likeness (QED) is 0.534. The molecule has 0 rings (SSSR count). The summed E-state index contributed by atoms with van der Waals surface area (Å²) in [6.07, 6.45) is 3.91. The van der Waals surface area contributed by atoms with Gasteiger partial charge in [-0.2, -0.15) is 0 Å². The fourth-order valence-corrected chi connectivity index (χ4v) is 0.940. The van der Waals surface area contributed by atoms with Gasteiger partial charge in [-0.3, -0.25) is 4.99 Å². The molecular weight excluding hydrogens is 122 g/mol. The molecule has 60 valence electrons. The molecule has 0 N–H and O–H groups in total. The maximum atomic E-state index is 4.16. The van der Waals surface area contributed by atoms with Gasteiger partial charge in [0.25, 0.3) is 0 Å². The first-order valence-electron chi connectivity index (χ1n) is 4.15. The second-order valence-electron chi connectivity index (χ2n) is 2.91. The topological polar surface area (TPSA) is 12.4 Å². The average Bonchev–Trinajstić information content (AvgIpc) is 1.98. The zero-order valence-electron chi connectivity index (χ0n) is 7.65. The molecule has 0 aliphatic rings. The van der Waals surface area contributed by atoms with Gasteiger partial charge in [-0.15, -0.1) is 0 Å². The minimum atomic E-state index is 0.685. The first kappa shape index (κ1) is 9.67. The van der Waals surface area contributed by atoms with Crippen molar-refractivity contribution in [2.24, 2.45) is 10.9 Å². The van der Waals surface area contributed by atoms with Crippen molar-refractivity contribution in [3.8, 4) is 0 Å². The highest BCUT2D eigenvalue weighted by atomic mass is 14.7. The van der Waals surface area contributed by atoms with Crippen molar-refractivity contribution in [1.82, 2.24) is 0 Å².